The van der Waals surface area contributed by atoms with Crippen LogP contribution in [0.5, 0.6) is 0 Å². The summed E-state index contributed by atoms with van der Waals surface area (Å²) in [5.74, 6) is 0.110. The molecule has 0 saturated carbocycles. The van der Waals surface area contributed by atoms with E-state index in [-0.39, 0.29) is 12.1 Å². The van der Waals surface area contributed by atoms with Gasteiger partial charge in [0.2, 0.25) is 0 Å². The van der Waals surface area contributed by atoms with Gasteiger partial charge in [-0.25, -0.2) is 0 Å². The van der Waals surface area contributed by atoms with Crippen molar-refractivity contribution in [1.82, 2.24) is 9.88 Å². The second kappa shape index (κ2) is 5.98. The number of aromatic amines is 1. The molecule has 29 heavy (non-hydrogen) atoms. The van der Waals surface area contributed by atoms with Crippen LogP contribution in [0.1, 0.15) is 33.3 Å². The number of hydrogen-bond acceptors (Lipinski definition) is 2. The monoisotopic (exact) mass is 379 g/mol. The predicted molar refractivity (Wildman–Crippen MR) is 116 cm³/mol. The number of carbonyl (C=O) groups is 1. The Balaban J connectivity index is 1.64. The fourth-order valence-electron chi connectivity index (χ4n) is 4.88. The number of nitrogens with one attached hydrogen (secondary N) is 1. The smallest absolute Gasteiger partial charge is 0.257 e. The number of anilines is 2. The van der Waals surface area contributed by atoms with Crippen LogP contribution in [0.4, 0.5) is 11.4 Å². The number of aromatic nitrogens is 1. The van der Waals surface area contributed by atoms with Gasteiger partial charge < -0.3 is 14.8 Å². The highest BCUT2D eigenvalue weighted by atomic mass is 16.2. The van der Waals surface area contributed by atoms with Gasteiger partial charge in [0.25, 0.3) is 5.91 Å². The van der Waals surface area contributed by atoms with Crippen LogP contribution < -0.4 is 4.90 Å². The van der Waals surface area contributed by atoms with Crippen LogP contribution >= 0.6 is 0 Å². The summed E-state index contributed by atoms with van der Waals surface area (Å²) >= 11 is 0. The molecular formula is C25H21N3O. The van der Waals surface area contributed by atoms with Crippen LogP contribution in [0.15, 0.2) is 72.8 Å². The van der Waals surface area contributed by atoms with Crippen molar-refractivity contribution in [2.45, 2.75) is 19.5 Å². The van der Waals surface area contributed by atoms with Crippen molar-refractivity contribution >= 4 is 28.2 Å². The summed E-state index contributed by atoms with van der Waals surface area (Å²) in [6, 6.07) is 24.9. The molecule has 0 radical (unpaired) electrons. The van der Waals surface area contributed by atoms with E-state index in [2.05, 4.69) is 65.3 Å². The summed E-state index contributed by atoms with van der Waals surface area (Å²) in [7, 11) is 0. The van der Waals surface area contributed by atoms with Crippen LogP contribution in [-0.2, 0) is 6.42 Å². The molecule has 3 aromatic carbocycles. The Morgan fingerprint density at radius 2 is 1.76 bits per heavy atom. The minimum absolute atomic E-state index is 0.110. The molecule has 6 rings (SSSR count). The number of benzene rings is 3. The average molecular weight is 379 g/mol. The second-order valence-electron chi connectivity index (χ2n) is 7.91. The molecule has 2 aliphatic rings. The highest BCUT2D eigenvalue weighted by molar-refractivity contribution is 6.04. The van der Waals surface area contributed by atoms with Crippen molar-refractivity contribution in [1.29, 1.82) is 0 Å². The molecule has 1 amide bonds. The lowest BCUT2D eigenvalue weighted by Gasteiger charge is -2.47. The predicted octanol–water partition coefficient (Wildman–Crippen LogP) is 5.33. The van der Waals surface area contributed by atoms with Crippen molar-refractivity contribution in [3.05, 3.63) is 95.2 Å². The molecule has 0 spiro atoms. The summed E-state index contributed by atoms with van der Waals surface area (Å²) in [5, 5.41) is 1.28. The van der Waals surface area contributed by atoms with E-state index in [1.807, 2.05) is 29.2 Å². The summed E-state index contributed by atoms with van der Waals surface area (Å²) in [4.78, 5) is 21.4. The van der Waals surface area contributed by atoms with Crippen molar-refractivity contribution in [3.63, 3.8) is 0 Å². The first-order chi connectivity index (χ1) is 14.2. The summed E-state index contributed by atoms with van der Waals surface area (Å²) in [5.41, 5.74) is 7.68. The third-order valence-corrected chi connectivity index (χ3v) is 6.18. The molecule has 0 fully saturated rings. The van der Waals surface area contributed by atoms with Crippen LogP contribution in [0.25, 0.3) is 10.9 Å². The van der Waals surface area contributed by atoms with E-state index in [1.165, 1.54) is 16.5 Å². The minimum atomic E-state index is -0.170. The van der Waals surface area contributed by atoms with Crippen molar-refractivity contribution in [2.75, 3.05) is 11.4 Å². The fraction of sp³-hybridized carbons (Fsp3) is 0.160. The number of para-hydroxylation sites is 2. The Kier molecular flexibility index (Phi) is 3.39. The Morgan fingerprint density at radius 3 is 2.62 bits per heavy atom. The van der Waals surface area contributed by atoms with Crippen LogP contribution in [0, 0.1) is 6.92 Å². The number of amides is 1. The van der Waals surface area contributed by atoms with Crippen LogP contribution in [0.2, 0.25) is 0 Å². The quantitative estimate of drug-likeness (QED) is 0.486. The molecule has 1 N–H and O–H groups in total. The molecule has 1 atom stereocenters. The number of rotatable bonds is 1. The van der Waals surface area contributed by atoms with Crippen molar-refractivity contribution in [2.24, 2.45) is 0 Å². The molecule has 0 aliphatic carbocycles. The molecule has 0 unspecified atom stereocenters. The largest absolute Gasteiger partial charge is 0.355 e. The fourth-order valence-corrected chi connectivity index (χ4v) is 4.88. The van der Waals surface area contributed by atoms with Crippen LogP contribution in [0.3, 0.4) is 0 Å². The lowest BCUT2D eigenvalue weighted by molar-refractivity contribution is 0.0642. The molecule has 1 aromatic heterocycles. The Bertz CT molecular complexity index is 1260. The van der Waals surface area contributed by atoms with E-state index in [9.17, 15) is 4.79 Å². The highest BCUT2D eigenvalue weighted by Gasteiger charge is 2.43. The van der Waals surface area contributed by atoms with Crippen molar-refractivity contribution < 1.29 is 4.79 Å². The maximum absolute atomic E-state index is 13.4. The van der Waals surface area contributed by atoms with Gasteiger partial charge in [-0.15, -0.1) is 0 Å². The van der Waals surface area contributed by atoms with E-state index >= 15 is 0 Å². The third kappa shape index (κ3) is 2.29. The summed E-state index contributed by atoms with van der Waals surface area (Å²) < 4.78 is 0. The second-order valence-corrected chi connectivity index (χ2v) is 7.91. The first-order valence-corrected chi connectivity index (χ1v) is 10.1. The molecule has 0 saturated heterocycles. The number of aryl methyl sites for hydroxylation is 1. The Morgan fingerprint density at radius 1 is 0.966 bits per heavy atom. The first-order valence-electron chi connectivity index (χ1n) is 10.1. The van der Waals surface area contributed by atoms with Gasteiger partial charge >= 0.3 is 0 Å². The van der Waals surface area contributed by atoms with Gasteiger partial charge in [0.05, 0.1) is 16.9 Å². The van der Waals surface area contributed by atoms with Gasteiger partial charge in [0, 0.05) is 23.1 Å². The third-order valence-electron chi connectivity index (χ3n) is 6.18. The van der Waals surface area contributed by atoms with Gasteiger partial charge in [-0.05, 0) is 55.3 Å². The molecule has 0 bridgehead atoms. The number of fused-ring (bicyclic) bond motifs is 6. The Labute approximate surface area is 169 Å². The minimum Gasteiger partial charge on any atom is -0.355 e. The van der Waals surface area contributed by atoms with Crippen LogP contribution in [-0.4, -0.2) is 22.3 Å². The Hall–Kier alpha value is -3.53. The molecule has 2 aliphatic heterocycles. The molecule has 4 nitrogen and oxygen atoms in total. The number of hydrogen-bond donors (Lipinski definition) is 1. The normalized spacial score (nSPS) is 17.8. The molecule has 3 heterocycles. The van der Waals surface area contributed by atoms with Gasteiger partial charge in [-0.3, -0.25) is 4.79 Å². The highest BCUT2D eigenvalue weighted by Crippen LogP contribution is 2.47. The zero-order valence-electron chi connectivity index (χ0n) is 16.2. The lowest BCUT2D eigenvalue weighted by Crippen LogP contribution is -2.50. The molecule has 4 aromatic rings. The zero-order valence-corrected chi connectivity index (χ0v) is 16.2. The number of carbonyl (C=O) groups excluding carboxylic acids is 1. The summed E-state index contributed by atoms with van der Waals surface area (Å²) in [6.45, 7) is 2.85. The number of H-pyrrole nitrogens is 1. The van der Waals surface area contributed by atoms with Crippen molar-refractivity contribution in [3.8, 4) is 0 Å². The van der Waals surface area contributed by atoms with E-state index in [4.69, 9.17) is 0 Å². The number of nitrogens with zero attached hydrogens (tertiary/aromatic N) is 2. The van der Waals surface area contributed by atoms with E-state index in [0.29, 0.717) is 0 Å². The topological polar surface area (TPSA) is 39.3 Å². The standard InChI is InChI=1S/C25H21N3O/c1-16-11-12-21-20(15-16)18-13-14-27-24(23(18)26-21)28(17-7-3-2-4-8-17)22-10-6-5-9-19(22)25(27)29/h2-12,15,24,26H,13-14H2,1H3/t24-/m0/s1. The zero-order chi connectivity index (χ0) is 19.5. The molecule has 142 valence electrons. The molecular weight excluding hydrogens is 358 g/mol. The van der Waals surface area contributed by atoms with E-state index in [0.717, 1.165) is 41.1 Å². The summed E-state index contributed by atoms with van der Waals surface area (Å²) in [6.07, 6.45) is 0.697. The van der Waals surface area contributed by atoms with Gasteiger partial charge in [-0.2, -0.15) is 0 Å². The van der Waals surface area contributed by atoms with Gasteiger partial charge in [0.1, 0.15) is 0 Å². The van der Waals surface area contributed by atoms with Gasteiger partial charge in [-0.1, -0.05) is 42.0 Å². The first kappa shape index (κ1) is 16.4. The van der Waals surface area contributed by atoms with E-state index in [1.54, 1.807) is 0 Å². The average Bonchev–Trinajstić information content (AvgIpc) is 3.13. The maximum Gasteiger partial charge on any atom is 0.257 e. The lowest BCUT2D eigenvalue weighted by atomic mass is 9.95. The maximum atomic E-state index is 13.4. The van der Waals surface area contributed by atoms with E-state index < -0.39 is 0 Å². The SMILES string of the molecule is Cc1ccc2[nH]c3c(c2c1)CCN1C(=O)c2ccccc2N(c2ccccc2)[C@@H]31. The van der Waals surface area contributed by atoms with Gasteiger partial charge in [0.15, 0.2) is 6.17 Å². The molecule has 4 heteroatoms.